The first-order chi connectivity index (χ1) is 11.5. The van der Waals surface area contributed by atoms with Crippen molar-refractivity contribution in [3.05, 3.63) is 41.2 Å². The van der Waals surface area contributed by atoms with Crippen LogP contribution < -0.4 is 14.8 Å². The molecule has 130 valence electrons. The lowest BCUT2D eigenvalue weighted by atomic mass is 10.2. The van der Waals surface area contributed by atoms with Gasteiger partial charge in [-0.25, -0.2) is 0 Å². The Balaban J connectivity index is 1.96. The lowest BCUT2D eigenvalue weighted by molar-refractivity contribution is -0.122. The molecule has 0 saturated carbocycles. The van der Waals surface area contributed by atoms with Crippen molar-refractivity contribution in [1.82, 2.24) is 15.1 Å². The van der Waals surface area contributed by atoms with E-state index in [0.29, 0.717) is 25.5 Å². The maximum Gasteiger partial charge on any atom is 0.242 e. The fraction of sp³-hybridized carbons (Fsp3) is 0.444. The number of hydrogen-bond donors (Lipinski definition) is 1. The fourth-order valence-electron chi connectivity index (χ4n) is 2.43. The minimum absolute atomic E-state index is 0.0759. The second-order valence-electron chi connectivity index (χ2n) is 5.51. The van der Waals surface area contributed by atoms with Gasteiger partial charge in [-0.1, -0.05) is 6.07 Å². The topological polar surface area (TPSA) is 65.4 Å². The summed E-state index contributed by atoms with van der Waals surface area (Å²) in [6.45, 7) is 9.51. The maximum absolute atomic E-state index is 12.1. The van der Waals surface area contributed by atoms with E-state index < -0.39 is 0 Å². The van der Waals surface area contributed by atoms with Crippen LogP contribution in [0.3, 0.4) is 0 Å². The number of benzene rings is 1. The molecule has 1 N–H and O–H groups in total. The summed E-state index contributed by atoms with van der Waals surface area (Å²) in [6.07, 6.45) is 0. The van der Waals surface area contributed by atoms with Gasteiger partial charge in [-0.2, -0.15) is 5.10 Å². The third kappa shape index (κ3) is 4.75. The van der Waals surface area contributed by atoms with Crippen molar-refractivity contribution < 1.29 is 14.3 Å². The number of hydrogen-bond acceptors (Lipinski definition) is 4. The SMILES string of the molecule is CCOc1ccc(CNC(=O)Cn2nc(C)cc2C)cc1OCC. The number of ether oxygens (including phenoxy) is 2. The van der Waals surface area contributed by atoms with Crippen LogP contribution in [-0.2, 0) is 17.9 Å². The van der Waals surface area contributed by atoms with Gasteiger partial charge in [-0.05, 0) is 51.5 Å². The fourth-order valence-corrected chi connectivity index (χ4v) is 2.43. The minimum atomic E-state index is -0.0759. The zero-order valence-corrected chi connectivity index (χ0v) is 14.8. The van der Waals surface area contributed by atoms with Gasteiger partial charge >= 0.3 is 0 Å². The lowest BCUT2D eigenvalue weighted by Gasteiger charge is -2.13. The van der Waals surface area contributed by atoms with Crippen molar-refractivity contribution in [2.24, 2.45) is 0 Å². The van der Waals surface area contributed by atoms with Crippen LogP contribution in [0.25, 0.3) is 0 Å². The van der Waals surface area contributed by atoms with Crippen molar-refractivity contribution >= 4 is 5.91 Å². The number of nitrogens with zero attached hydrogens (tertiary/aromatic N) is 2. The number of nitrogens with one attached hydrogen (secondary N) is 1. The third-order valence-electron chi connectivity index (χ3n) is 3.49. The molecule has 0 atom stereocenters. The lowest BCUT2D eigenvalue weighted by Crippen LogP contribution is -2.28. The molecule has 2 aromatic rings. The van der Waals surface area contributed by atoms with Crippen LogP contribution in [0.5, 0.6) is 11.5 Å². The Morgan fingerprint density at radius 2 is 1.83 bits per heavy atom. The predicted octanol–water partition coefficient (Wildman–Crippen LogP) is 2.61. The summed E-state index contributed by atoms with van der Waals surface area (Å²) >= 11 is 0. The highest BCUT2D eigenvalue weighted by Gasteiger charge is 2.09. The summed E-state index contributed by atoms with van der Waals surface area (Å²) in [5.41, 5.74) is 2.85. The first kappa shape index (κ1) is 17.8. The summed E-state index contributed by atoms with van der Waals surface area (Å²) < 4.78 is 12.8. The standard InChI is InChI=1S/C18H25N3O3/c1-5-23-16-8-7-15(10-17(16)24-6-2)11-19-18(22)12-21-14(4)9-13(3)20-21/h7-10H,5-6,11-12H2,1-4H3,(H,19,22). The zero-order chi connectivity index (χ0) is 17.5. The van der Waals surface area contributed by atoms with Crippen LogP contribution in [-0.4, -0.2) is 28.9 Å². The predicted molar refractivity (Wildman–Crippen MR) is 92.3 cm³/mol. The Kier molecular flexibility index (Phi) is 6.23. The largest absolute Gasteiger partial charge is 0.490 e. The van der Waals surface area contributed by atoms with Crippen molar-refractivity contribution in [3.8, 4) is 11.5 Å². The Labute approximate surface area is 142 Å². The Morgan fingerprint density at radius 1 is 1.12 bits per heavy atom. The number of rotatable bonds is 8. The highest BCUT2D eigenvalue weighted by Crippen LogP contribution is 2.28. The van der Waals surface area contributed by atoms with E-state index in [4.69, 9.17) is 9.47 Å². The molecule has 2 rings (SSSR count). The second-order valence-corrected chi connectivity index (χ2v) is 5.51. The number of aryl methyl sites for hydroxylation is 2. The normalized spacial score (nSPS) is 10.5. The second kappa shape index (κ2) is 8.38. The number of carbonyl (C=O) groups excluding carboxylic acids is 1. The minimum Gasteiger partial charge on any atom is -0.490 e. The average Bonchev–Trinajstić information content (AvgIpc) is 2.85. The molecule has 0 aliphatic rings. The molecule has 0 bridgehead atoms. The van der Waals surface area contributed by atoms with E-state index in [-0.39, 0.29) is 12.5 Å². The van der Waals surface area contributed by atoms with Crippen molar-refractivity contribution in [2.75, 3.05) is 13.2 Å². The van der Waals surface area contributed by atoms with Gasteiger partial charge < -0.3 is 14.8 Å². The van der Waals surface area contributed by atoms with Gasteiger partial charge in [0.25, 0.3) is 0 Å². The van der Waals surface area contributed by atoms with E-state index in [9.17, 15) is 4.79 Å². The van der Waals surface area contributed by atoms with Gasteiger partial charge in [0, 0.05) is 12.2 Å². The molecule has 0 spiro atoms. The molecule has 0 saturated heterocycles. The van der Waals surface area contributed by atoms with Crippen molar-refractivity contribution in [2.45, 2.75) is 40.8 Å². The van der Waals surface area contributed by atoms with Crippen LogP contribution in [0, 0.1) is 13.8 Å². The van der Waals surface area contributed by atoms with E-state index in [1.165, 1.54) is 0 Å². The molecular weight excluding hydrogens is 306 g/mol. The average molecular weight is 331 g/mol. The quantitative estimate of drug-likeness (QED) is 0.807. The maximum atomic E-state index is 12.1. The molecule has 0 unspecified atom stereocenters. The molecule has 1 aromatic heterocycles. The Bertz CT molecular complexity index is 695. The van der Waals surface area contributed by atoms with Crippen LogP contribution in [0.1, 0.15) is 30.8 Å². The van der Waals surface area contributed by atoms with Gasteiger partial charge in [0.15, 0.2) is 11.5 Å². The number of carbonyl (C=O) groups is 1. The molecule has 24 heavy (non-hydrogen) atoms. The summed E-state index contributed by atoms with van der Waals surface area (Å²) in [6, 6.07) is 7.65. The van der Waals surface area contributed by atoms with Crippen LogP contribution >= 0.6 is 0 Å². The molecule has 1 aromatic carbocycles. The molecule has 0 fully saturated rings. The first-order valence-corrected chi connectivity index (χ1v) is 8.19. The highest BCUT2D eigenvalue weighted by molar-refractivity contribution is 5.75. The van der Waals surface area contributed by atoms with Gasteiger partial charge in [0.05, 0.1) is 18.9 Å². The van der Waals surface area contributed by atoms with Gasteiger partial charge in [-0.3, -0.25) is 9.48 Å². The number of aromatic nitrogens is 2. The summed E-state index contributed by atoms with van der Waals surface area (Å²) in [5.74, 6) is 1.34. The van der Waals surface area contributed by atoms with Crippen LogP contribution in [0.2, 0.25) is 0 Å². The third-order valence-corrected chi connectivity index (χ3v) is 3.49. The first-order valence-electron chi connectivity index (χ1n) is 8.19. The van der Waals surface area contributed by atoms with Gasteiger partial charge in [0.1, 0.15) is 6.54 Å². The monoisotopic (exact) mass is 331 g/mol. The van der Waals surface area contributed by atoms with E-state index in [0.717, 1.165) is 22.7 Å². The molecule has 1 heterocycles. The molecule has 0 aliphatic heterocycles. The van der Waals surface area contributed by atoms with E-state index in [1.54, 1.807) is 4.68 Å². The molecular formula is C18H25N3O3. The highest BCUT2D eigenvalue weighted by atomic mass is 16.5. The van der Waals surface area contributed by atoms with Crippen LogP contribution in [0.4, 0.5) is 0 Å². The summed E-state index contributed by atoms with van der Waals surface area (Å²) in [5, 5.41) is 7.20. The summed E-state index contributed by atoms with van der Waals surface area (Å²) in [7, 11) is 0. The smallest absolute Gasteiger partial charge is 0.242 e. The van der Waals surface area contributed by atoms with E-state index in [1.807, 2.05) is 52.0 Å². The summed E-state index contributed by atoms with van der Waals surface area (Å²) in [4.78, 5) is 12.1. The van der Waals surface area contributed by atoms with Gasteiger partial charge in [-0.15, -0.1) is 0 Å². The Hall–Kier alpha value is -2.50. The van der Waals surface area contributed by atoms with E-state index in [2.05, 4.69) is 10.4 Å². The molecule has 6 heteroatoms. The Morgan fingerprint density at radius 3 is 2.46 bits per heavy atom. The zero-order valence-electron chi connectivity index (χ0n) is 14.8. The van der Waals surface area contributed by atoms with Crippen LogP contribution in [0.15, 0.2) is 24.3 Å². The van der Waals surface area contributed by atoms with Gasteiger partial charge in [0.2, 0.25) is 5.91 Å². The molecule has 0 aliphatic carbocycles. The molecule has 6 nitrogen and oxygen atoms in total. The van der Waals surface area contributed by atoms with Crippen molar-refractivity contribution in [3.63, 3.8) is 0 Å². The molecule has 1 amide bonds. The molecule has 0 radical (unpaired) electrons. The van der Waals surface area contributed by atoms with Crippen molar-refractivity contribution in [1.29, 1.82) is 0 Å². The number of amides is 1. The van der Waals surface area contributed by atoms with E-state index >= 15 is 0 Å².